The van der Waals surface area contributed by atoms with Gasteiger partial charge in [0.1, 0.15) is 0 Å². The zero-order valence-corrected chi connectivity index (χ0v) is 10.9. The molecular formula is C14H17NSi. The van der Waals surface area contributed by atoms with Crippen LogP contribution in [-0.4, -0.2) is 13.1 Å². The van der Waals surface area contributed by atoms with Gasteiger partial charge in [0.25, 0.3) is 0 Å². The highest BCUT2D eigenvalue weighted by molar-refractivity contribution is 6.89. The monoisotopic (exact) mass is 227 g/mol. The predicted octanol–water partition coefficient (Wildman–Crippen LogP) is 2.78. The van der Waals surface area contributed by atoms with Crippen LogP contribution in [0, 0.1) is 0 Å². The third-order valence-electron chi connectivity index (χ3n) is 2.93. The average molecular weight is 227 g/mol. The second-order valence-electron chi connectivity index (χ2n) is 4.79. The van der Waals surface area contributed by atoms with E-state index in [4.69, 9.17) is 0 Å². The minimum absolute atomic E-state index is 1.18. The number of benzene rings is 1. The van der Waals surface area contributed by atoms with Crippen molar-refractivity contribution in [2.75, 3.05) is 0 Å². The summed E-state index contributed by atoms with van der Waals surface area (Å²) in [7, 11) is -1.38. The van der Waals surface area contributed by atoms with Crippen LogP contribution in [0.25, 0.3) is 0 Å². The van der Waals surface area contributed by atoms with E-state index in [1.165, 1.54) is 16.8 Å². The summed E-state index contributed by atoms with van der Waals surface area (Å²) in [4.78, 5) is 4.23. The molecule has 82 valence electrons. The molecule has 0 unspecified atom stereocenters. The van der Waals surface area contributed by atoms with E-state index in [-0.39, 0.29) is 0 Å². The summed E-state index contributed by atoms with van der Waals surface area (Å²) in [5.41, 5.74) is 1.43. The van der Waals surface area contributed by atoms with Gasteiger partial charge < -0.3 is 0 Å². The molecule has 0 aliphatic carbocycles. The Kier molecular flexibility index (Phi) is 3.20. The topological polar surface area (TPSA) is 12.9 Å². The van der Waals surface area contributed by atoms with Gasteiger partial charge in [0.2, 0.25) is 0 Å². The summed E-state index contributed by atoms with van der Waals surface area (Å²) in [5.74, 6) is 0. The Labute approximate surface area is 98.2 Å². The molecule has 0 fully saturated rings. The summed E-state index contributed by atoms with van der Waals surface area (Å²) in [6.07, 6.45) is 3.87. The number of hydrogen-bond donors (Lipinski definition) is 0. The molecule has 0 N–H and O–H groups in total. The van der Waals surface area contributed by atoms with Crippen LogP contribution in [0.4, 0.5) is 0 Å². The Morgan fingerprint density at radius 1 is 1.00 bits per heavy atom. The third kappa shape index (κ3) is 2.58. The van der Waals surface area contributed by atoms with Crippen molar-refractivity contribution in [1.29, 1.82) is 0 Å². The van der Waals surface area contributed by atoms with Gasteiger partial charge in [-0.15, -0.1) is 0 Å². The van der Waals surface area contributed by atoms with Crippen molar-refractivity contribution in [2.45, 2.75) is 19.1 Å². The molecule has 1 heterocycles. The Morgan fingerprint density at radius 2 is 1.75 bits per heavy atom. The van der Waals surface area contributed by atoms with Crippen molar-refractivity contribution >= 4 is 13.3 Å². The smallest absolute Gasteiger partial charge is 0.0869 e. The maximum atomic E-state index is 4.23. The van der Waals surface area contributed by atoms with Gasteiger partial charge in [0.15, 0.2) is 0 Å². The summed E-state index contributed by atoms with van der Waals surface area (Å²) in [6.45, 7) is 4.80. The molecule has 2 rings (SSSR count). The molecule has 1 aromatic carbocycles. The zero-order valence-electron chi connectivity index (χ0n) is 9.85. The van der Waals surface area contributed by atoms with Gasteiger partial charge in [-0.1, -0.05) is 55.1 Å². The molecule has 1 aromatic heterocycles. The van der Waals surface area contributed by atoms with Gasteiger partial charge >= 0.3 is 0 Å². The number of aromatic nitrogens is 1. The molecule has 1 nitrogen and oxygen atoms in total. The van der Waals surface area contributed by atoms with E-state index < -0.39 is 8.07 Å². The highest BCUT2D eigenvalue weighted by Crippen LogP contribution is 2.11. The normalized spacial score (nSPS) is 11.4. The molecule has 0 radical (unpaired) electrons. The van der Waals surface area contributed by atoms with Gasteiger partial charge in [-0.3, -0.25) is 4.98 Å². The lowest BCUT2D eigenvalue weighted by molar-refractivity contribution is 1.30. The second kappa shape index (κ2) is 4.62. The Hall–Kier alpha value is -1.41. The minimum atomic E-state index is -1.38. The van der Waals surface area contributed by atoms with Crippen molar-refractivity contribution in [3.63, 3.8) is 0 Å². The lowest BCUT2D eigenvalue weighted by Crippen LogP contribution is -2.44. The van der Waals surface area contributed by atoms with Crippen molar-refractivity contribution < 1.29 is 0 Å². The van der Waals surface area contributed by atoms with Crippen molar-refractivity contribution in [1.82, 2.24) is 4.98 Å². The molecule has 16 heavy (non-hydrogen) atoms. The number of rotatable bonds is 3. The lowest BCUT2D eigenvalue weighted by atomic mass is 10.2. The van der Waals surface area contributed by atoms with E-state index in [1.54, 1.807) is 0 Å². The summed E-state index contributed by atoms with van der Waals surface area (Å²) < 4.78 is 0. The third-order valence-corrected chi connectivity index (χ3v) is 6.08. The largest absolute Gasteiger partial charge is 0.265 e. The fraction of sp³-hybridized carbons (Fsp3) is 0.214. The van der Waals surface area contributed by atoms with Crippen LogP contribution in [0.3, 0.4) is 0 Å². The summed E-state index contributed by atoms with van der Waals surface area (Å²) in [5, 5.41) is 1.43. The molecule has 0 atom stereocenters. The molecule has 0 spiro atoms. The molecule has 0 bridgehead atoms. The maximum absolute atomic E-state index is 4.23. The average Bonchev–Trinajstić information content (AvgIpc) is 2.31. The van der Waals surface area contributed by atoms with Gasteiger partial charge in [-0.2, -0.15) is 0 Å². The Morgan fingerprint density at radius 3 is 2.38 bits per heavy atom. The molecule has 0 amide bonds. The first-order chi connectivity index (χ1) is 7.68. The molecule has 0 aliphatic rings. The highest BCUT2D eigenvalue weighted by atomic mass is 28.3. The molecule has 0 saturated heterocycles. The second-order valence-corrected chi connectivity index (χ2v) is 9.49. The van der Waals surface area contributed by atoms with Crippen LogP contribution in [0.15, 0.2) is 54.9 Å². The molecule has 2 aromatic rings. The lowest BCUT2D eigenvalue weighted by Gasteiger charge is -2.22. The molecule has 0 saturated carbocycles. The Bertz CT molecular complexity index is 437. The van der Waals surface area contributed by atoms with E-state index in [2.05, 4.69) is 54.5 Å². The van der Waals surface area contributed by atoms with Gasteiger partial charge in [0, 0.05) is 12.4 Å². The van der Waals surface area contributed by atoms with Crippen LogP contribution in [0.1, 0.15) is 5.56 Å². The first-order valence-corrected chi connectivity index (χ1v) is 8.84. The SMILES string of the molecule is C[Si](C)(Cc1ccccc1)c1cccnc1. The first-order valence-electron chi connectivity index (χ1n) is 5.63. The van der Waals surface area contributed by atoms with Crippen LogP contribution in [0.5, 0.6) is 0 Å². The van der Waals surface area contributed by atoms with Crippen LogP contribution in [-0.2, 0) is 6.04 Å². The fourth-order valence-corrected chi connectivity index (χ4v) is 4.40. The van der Waals surface area contributed by atoms with Gasteiger partial charge in [-0.25, -0.2) is 0 Å². The first kappa shape index (κ1) is 11.1. The van der Waals surface area contributed by atoms with E-state index >= 15 is 0 Å². The van der Waals surface area contributed by atoms with Gasteiger partial charge in [0.05, 0.1) is 8.07 Å². The van der Waals surface area contributed by atoms with E-state index in [0.29, 0.717) is 0 Å². The standard InChI is InChI=1S/C14H17NSi/c1-16(2,14-9-6-10-15-11-14)12-13-7-4-3-5-8-13/h3-11H,12H2,1-2H3. The molecule has 0 aliphatic heterocycles. The van der Waals surface area contributed by atoms with Crippen molar-refractivity contribution in [3.8, 4) is 0 Å². The fourth-order valence-electron chi connectivity index (χ4n) is 1.97. The summed E-state index contributed by atoms with van der Waals surface area (Å²) in [6, 6.07) is 16.2. The van der Waals surface area contributed by atoms with Crippen molar-refractivity contribution in [2.24, 2.45) is 0 Å². The molecule has 2 heteroatoms. The highest BCUT2D eigenvalue weighted by Gasteiger charge is 2.23. The molecular weight excluding hydrogens is 210 g/mol. The maximum Gasteiger partial charge on any atom is 0.0869 e. The Balaban J connectivity index is 2.21. The van der Waals surface area contributed by atoms with Crippen molar-refractivity contribution in [3.05, 3.63) is 60.4 Å². The minimum Gasteiger partial charge on any atom is -0.265 e. The zero-order chi connectivity index (χ0) is 11.4. The van der Waals surface area contributed by atoms with Crippen LogP contribution in [0.2, 0.25) is 13.1 Å². The van der Waals surface area contributed by atoms with E-state index in [0.717, 1.165) is 0 Å². The number of nitrogens with zero attached hydrogens (tertiary/aromatic N) is 1. The van der Waals surface area contributed by atoms with Gasteiger partial charge in [-0.05, 0) is 17.3 Å². The van der Waals surface area contributed by atoms with E-state index in [1.807, 2.05) is 18.5 Å². The number of hydrogen-bond acceptors (Lipinski definition) is 1. The predicted molar refractivity (Wildman–Crippen MR) is 71.5 cm³/mol. The van der Waals surface area contributed by atoms with E-state index in [9.17, 15) is 0 Å². The summed E-state index contributed by atoms with van der Waals surface area (Å²) >= 11 is 0. The van der Waals surface area contributed by atoms with Crippen LogP contribution >= 0.6 is 0 Å². The van der Waals surface area contributed by atoms with Crippen LogP contribution < -0.4 is 5.19 Å². The number of pyridine rings is 1. The quantitative estimate of drug-likeness (QED) is 0.735.